The number of carbonyl (C=O) groups is 2. The molecule has 4 N–H and O–H groups in total. The normalized spacial score (nSPS) is 26.2. The van der Waals surface area contributed by atoms with E-state index in [1.54, 1.807) is 11.0 Å². The van der Waals surface area contributed by atoms with Crippen LogP contribution in [-0.4, -0.2) is 76.6 Å². The summed E-state index contributed by atoms with van der Waals surface area (Å²) in [5, 5.41) is 43.6. The average Bonchev–Trinajstić information content (AvgIpc) is 3.02. The highest BCUT2D eigenvalue weighted by Crippen LogP contribution is 2.38. The Balaban J connectivity index is 1.45. The van der Waals surface area contributed by atoms with Crippen molar-refractivity contribution in [3.05, 3.63) is 23.3 Å². The summed E-state index contributed by atoms with van der Waals surface area (Å²) < 4.78 is 10.8. The summed E-state index contributed by atoms with van der Waals surface area (Å²) in [4.78, 5) is 25.5. The Morgan fingerprint density at radius 2 is 2.07 bits per heavy atom. The minimum atomic E-state index is -3.12. The molecule has 0 saturated carbocycles. The zero-order chi connectivity index (χ0) is 20.1. The molecule has 2 atom stereocenters. The summed E-state index contributed by atoms with van der Waals surface area (Å²) >= 11 is 0. The molecule has 2 saturated heterocycles. The van der Waals surface area contributed by atoms with Crippen LogP contribution in [0.2, 0.25) is 6.32 Å². The molecular weight excluding hydrogens is 371 g/mol. The Morgan fingerprint density at radius 3 is 2.71 bits per heavy atom. The fourth-order valence-electron chi connectivity index (χ4n) is 3.82. The number of carbonyl (C=O) groups excluding carboxylic acids is 2. The van der Waals surface area contributed by atoms with E-state index in [1.165, 1.54) is 6.07 Å². The molecule has 11 heteroatoms. The van der Waals surface area contributed by atoms with Gasteiger partial charge in [0.1, 0.15) is 11.9 Å². The topological polar surface area (TPSA) is 152 Å². The molecule has 4 rings (SSSR count). The second-order valence-corrected chi connectivity index (χ2v) is 7.56. The maximum atomic E-state index is 12.3. The van der Waals surface area contributed by atoms with E-state index in [0.717, 1.165) is 0 Å². The van der Waals surface area contributed by atoms with E-state index in [4.69, 9.17) is 9.39 Å². The van der Waals surface area contributed by atoms with Gasteiger partial charge in [-0.15, -0.1) is 0 Å². The number of carboxylic acid groups (broad SMARTS) is 1. The average molecular weight is 392 g/mol. The molecule has 3 aliphatic rings. The van der Waals surface area contributed by atoms with E-state index in [0.29, 0.717) is 18.5 Å². The third-order valence-corrected chi connectivity index (χ3v) is 5.36. The number of amides is 1. The third-order valence-electron chi connectivity index (χ3n) is 5.36. The minimum Gasteiger partial charge on any atom is -0.669 e. The molecule has 3 heterocycles. The van der Waals surface area contributed by atoms with Gasteiger partial charge < -0.3 is 44.7 Å². The SMILES string of the molecule is O=C([O-])c1c(OC2CN(C(=O)[C@@H]3C[C@H](O)CN3)C2)ccc2c1O[B-](O)(O)CC2. The van der Waals surface area contributed by atoms with Gasteiger partial charge in [-0.3, -0.25) is 4.79 Å². The van der Waals surface area contributed by atoms with E-state index in [1.807, 2.05) is 0 Å². The van der Waals surface area contributed by atoms with Crippen molar-refractivity contribution < 1.29 is 39.2 Å². The number of fused-ring (bicyclic) bond motifs is 1. The predicted octanol–water partition coefficient (Wildman–Crippen LogP) is -2.78. The Bertz CT molecular complexity index is 811. The van der Waals surface area contributed by atoms with Gasteiger partial charge in [-0.1, -0.05) is 12.4 Å². The number of nitrogens with one attached hydrogen (secondary N) is 1. The van der Waals surface area contributed by atoms with Crippen LogP contribution >= 0.6 is 0 Å². The van der Waals surface area contributed by atoms with E-state index >= 15 is 0 Å². The van der Waals surface area contributed by atoms with Crippen molar-refractivity contribution in [2.45, 2.75) is 37.4 Å². The largest absolute Gasteiger partial charge is 0.669 e. The number of β-amino-alcohol motifs (C(OH)–C–C–N with tert-alkyl or cyclic N) is 1. The lowest BCUT2D eigenvalue weighted by Gasteiger charge is -2.41. The summed E-state index contributed by atoms with van der Waals surface area (Å²) in [6.07, 6.45) is -0.342. The number of aryl methyl sites for hydroxylation is 1. The zero-order valence-electron chi connectivity index (χ0n) is 15.0. The summed E-state index contributed by atoms with van der Waals surface area (Å²) in [6, 6.07) is 2.69. The number of nitrogens with zero attached hydrogens (tertiary/aromatic N) is 1. The Labute approximate surface area is 160 Å². The molecular formula is C17H21BN2O8-2. The molecule has 1 amide bonds. The van der Waals surface area contributed by atoms with Crippen molar-refractivity contribution in [2.24, 2.45) is 0 Å². The van der Waals surface area contributed by atoms with Crippen LogP contribution in [0.3, 0.4) is 0 Å². The molecule has 28 heavy (non-hydrogen) atoms. The van der Waals surface area contributed by atoms with Crippen LogP contribution in [-0.2, 0) is 11.2 Å². The third kappa shape index (κ3) is 3.53. The smallest absolute Gasteiger partial charge is 0.430 e. The molecule has 0 aliphatic carbocycles. The predicted molar refractivity (Wildman–Crippen MR) is 93.5 cm³/mol. The van der Waals surface area contributed by atoms with Crippen molar-refractivity contribution in [3.63, 3.8) is 0 Å². The summed E-state index contributed by atoms with van der Waals surface area (Å²) in [5.74, 6) is -1.82. The molecule has 1 aromatic rings. The van der Waals surface area contributed by atoms with E-state index in [2.05, 4.69) is 5.32 Å². The first kappa shape index (κ1) is 19.0. The number of aliphatic hydroxyl groups is 1. The van der Waals surface area contributed by atoms with Crippen molar-refractivity contribution in [3.8, 4) is 11.5 Å². The quantitative estimate of drug-likeness (QED) is 0.399. The Morgan fingerprint density at radius 1 is 1.32 bits per heavy atom. The van der Waals surface area contributed by atoms with E-state index < -0.39 is 31.0 Å². The van der Waals surface area contributed by atoms with Crippen molar-refractivity contribution in [1.29, 1.82) is 0 Å². The van der Waals surface area contributed by atoms with Crippen LogP contribution in [0.25, 0.3) is 0 Å². The highest BCUT2D eigenvalue weighted by Gasteiger charge is 2.39. The summed E-state index contributed by atoms with van der Waals surface area (Å²) in [7, 11) is 0. The van der Waals surface area contributed by atoms with Crippen LogP contribution in [0.4, 0.5) is 0 Å². The second-order valence-electron chi connectivity index (χ2n) is 7.56. The number of benzene rings is 1. The lowest BCUT2D eigenvalue weighted by Crippen LogP contribution is -2.59. The number of rotatable bonds is 4. The first-order chi connectivity index (χ1) is 13.2. The highest BCUT2D eigenvalue weighted by atomic mass is 16.6. The van der Waals surface area contributed by atoms with Crippen molar-refractivity contribution in [2.75, 3.05) is 19.6 Å². The minimum absolute atomic E-state index is 0.00115. The fraction of sp³-hybridized carbons (Fsp3) is 0.529. The lowest BCUT2D eigenvalue weighted by atomic mass is 9.70. The van der Waals surface area contributed by atoms with Crippen LogP contribution < -0.4 is 19.8 Å². The van der Waals surface area contributed by atoms with Gasteiger partial charge in [0.15, 0.2) is 0 Å². The van der Waals surface area contributed by atoms with E-state index in [-0.39, 0.29) is 48.8 Å². The first-order valence-electron chi connectivity index (χ1n) is 9.27. The molecule has 0 radical (unpaired) electrons. The molecule has 2 fully saturated rings. The zero-order valence-corrected chi connectivity index (χ0v) is 15.0. The van der Waals surface area contributed by atoms with E-state index in [9.17, 15) is 29.9 Å². The number of carboxylic acids is 1. The van der Waals surface area contributed by atoms with Gasteiger partial charge in [0.2, 0.25) is 5.91 Å². The van der Waals surface area contributed by atoms with Crippen molar-refractivity contribution in [1.82, 2.24) is 10.2 Å². The van der Waals surface area contributed by atoms with Gasteiger partial charge in [-0.25, -0.2) is 0 Å². The molecule has 0 spiro atoms. The van der Waals surface area contributed by atoms with Gasteiger partial charge in [0, 0.05) is 6.54 Å². The highest BCUT2D eigenvalue weighted by molar-refractivity contribution is 6.59. The molecule has 10 nitrogen and oxygen atoms in total. The monoisotopic (exact) mass is 392 g/mol. The molecule has 0 unspecified atom stereocenters. The Kier molecular flexibility index (Phi) is 4.70. The second kappa shape index (κ2) is 6.92. The maximum absolute atomic E-state index is 12.3. The maximum Gasteiger partial charge on any atom is 0.430 e. The molecule has 0 bridgehead atoms. The summed E-state index contributed by atoms with van der Waals surface area (Å²) in [5.41, 5.74) is 0.167. The van der Waals surface area contributed by atoms with Crippen LogP contribution in [0.5, 0.6) is 11.5 Å². The number of aromatic carboxylic acids is 1. The number of hydrogen-bond donors (Lipinski definition) is 4. The van der Waals surface area contributed by atoms with Crippen LogP contribution in [0, 0.1) is 0 Å². The standard InChI is InChI=1S/C17H22BN2O8/c21-10-5-12(19-6-10)16(22)20-7-11(8-20)27-13-2-1-9-3-4-18(25,26)28-15(9)14(13)17(23)24/h1-2,10-12,19,21,25-26H,3-8H2,(H,23,24)/q-1/p-1/t10-,12-/m0/s1. The number of likely N-dealkylation sites (tertiary alicyclic amines) is 1. The number of hydrogen-bond acceptors (Lipinski definition) is 9. The molecule has 1 aromatic carbocycles. The molecule has 152 valence electrons. The van der Waals surface area contributed by atoms with Crippen LogP contribution in [0.1, 0.15) is 22.3 Å². The molecule has 0 aromatic heterocycles. The van der Waals surface area contributed by atoms with Gasteiger partial charge in [0.05, 0.1) is 42.5 Å². The van der Waals surface area contributed by atoms with Gasteiger partial charge in [-0.05, 0) is 24.5 Å². The van der Waals surface area contributed by atoms with Crippen LogP contribution in [0.15, 0.2) is 12.1 Å². The number of ether oxygens (including phenoxy) is 1. The first-order valence-corrected chi connectivity index (χ1v) is 9.27. The Hall–Kier alpha value is -2.34. The lowest BCUT2D eigenvalue weighted by molar-refractivity contribution is -0.255. The molecule has 3 aliphatic heterocycles. The van der Waals surface area contributed by atoms with Gasteiger partial charge >= 0.3 is 6.75 Å². The fourth-order valence-corrected chi connectivity index (χ4v) is 3.82. The van der Waals surface area contributed by atoms with Crippen molar-refractivity contribution >= 4 is 18.6 Å². The van der Waals surface area contributed by atoms with Gasteiger partial charge in [-0.2, -0.15) is 0 Å². The summed E-state index contributed by atoms with van der Waals surface area (Å²) in [6.45, 7) is -2.18. The number of aliphatic hydroxyl groups excluding tert-OH is 1. The van der Waals surface area contributed by atoms with Gasteiger partial charge in [0.25, 0.3) is 0 Å².